The predicted octanol–water partition coefficient (Wildman–Crippen LogP) is 5.05. The zero-order valence-electron chi connectivity index (χ0n) is 25.4. The number of fused-ring (bicyclic) bond motifs is 9. The molecule has 1 aromatic heterocycles. The Balaban J connectivity index is 1.03. The largest absolute Gasteiger partial charge is 0.497 e. The van der Waals surface area contributed by atoms with Gasteiger partial charge in [-0.2, -0.15) is 0 Å². The highest BCUT2D eigenvalue weighted by Crippen LogP contribution is 2.68. The van der Waals surface area contributed by atoms with Crippen molar-refractivity contribution in [2.75, 3.05) is 23.9 Å². The first-order valence-electron chi connectivity index (χ1n) is 15.4. The van der Waals surface area contributed by atoms with Gasteiger partial charge in [-0.05, 0) is 78.3 Å². The molecule has 3 fully saturated rings. The number of nitrogens with one attached hydrogen (secondary N) is 2. The van der Waals surface area contributed by atoms with E-state index in [0.29, 0.717) is 22.9 Å². The molecule has 2 aliphatic carbocycles. The van der Waals surface area contributed by atoms with E-state index in [0.717, 1.165) is 21.9 Å². The third-order valence-corrected chi connectivity index (χ3v) is 12.6. The number of rotatable bonds is 8. The summed E-state index contributed by atoms with van der Waals surface area (Å²) in [5.74, 6) is -0.906. The van der Waals surface area contributed by atoms with Crippen LogP contribution in [-0.2, 0) is 14.4 Å². The number of non-ortho nitro benzene ring substituents is 1. The number of nitrogens with zero attached hydrogens (tertiary/aromatic N) is 2. The summed E-state index contributed by atoms with van der Waals surface area (Å²) >= 11 is 2.78. The molecule has 3 aromatic carbocycles. The van der Waals surface area contributed by atoms with Gasteiger partial charge in [-0.3, -0.25) is 34.2 Å². The first-order chi connectivity index (χ1) is 23.2. The average Bonchev–Trinajstić information content (AvgIpc) is 3.83. The number of amides is 3. The molecule has 0 radical (unpaired) electrons. The van der Waals surface area contributed by atoms with Crippen LogP contribution in [0, 0.1) is 39.7 Å². The number of nitro benzene ring substituents is 1. The van der Waals surface area contributed by atoms with Crippen molar-refractivity contribution < 1.29 is 28.8 Å². The minimum atomic E-state index is -0.517. The highest BCUT2D eigenvalue weighted by atomic mass is 32.2. The molecule has 8 rings (SSSR count). The zero-order valence-corrected chi connectivity index (χ0v) is 27.0. The quantitative estimate of drug-likeness (QED) is 0.147. The van der Waals surface area contributed by atoms with Gasteiger partial charge >= 0.3 is 4.87 Å². The lowest BCUT2D eigenvalue weighted by molar-refractivity contribution is -0.384. The smallest absolute Gasteiger partial charge is 0.305 e. The lowest BCUT2D eigenvalue weighted by atomic mass is 9.68. The van der Waals surface area contributed by atoms with E-state index in [4.69, 9.17) is 9.47 Å². The molecule has 2 saturated carbocycles. The molecule has 4 aromatic rings. The fourth-order valence-electron chi connectivity index (χ4n) is 8.16. The van der Waals surface area contributed by atoms with Crippen LogP contribution in [0.2, 0.25) is 0 Å². The van der Waals surface area contributed by atoms with Gasteiger partial charge in [-0.15, -0.1) is 11.8 Å². The molecule has 3 amide bonds. The van der Waals surface area contributed by atoms with Crippen LogP contribution in [0.3, 0.4) is 0 Å². The lowest BCUT2D eigenvalue weighted by Gasteiger charge is -2.43. The van der Waals surface area contributed by atoms with Gasteiger partial charge in [0.05, 0.1) is 34.6 Å². The third-order valence-electron chi connectivity index (χ3n) is 10.0. The van der Waals surface area contributed by atoms with E-state index < -0.39 is 16.8 Å². The Bertz CT molecular complexity index is 2010. The normalized spacial score (nSPS) is 26.5. The zero-order chi connectivity index (χ0) is 33.3. The number of hydrogen-bond acceptors (Lipinski definition) is 10. The molecule has 3 heterocycles. The predicted molar refractivity (Wildman–Crippen MR) is 178 cm³/mol. The molecular formula is C34H28N4O8S2. The van der Waals surface area contributed by atoms with Gasteiger partial charge in [0, 0.05) is 33.9 Å². The van der Waals surface area contributed by atoms with Crippen LogP contribution in [-0.4, -0.2) is 46.6 Å². The fourth-order valence-corrected chi connectivity index (χ4v) is 11.0. The Morgan fingerprint density at radius 3 is 2.29 bits per heavy atom. The van der Waals surface area contributed by atoms with E-state index in [1.54, 1.807) is 55.3 Å². The molecule has 12 nitrogen and oxygen atoms in total. The van der Waals surface area contributed by atoms with Gasteiger partial charge in [0.2, 0.25) is 11.8 Å². The van der Waals surface area contributed by atoms with Gasteiger partial charge in [0.25, 0.3) is 11.6 Å². The second-order valence-electron chi connectivity index (χ2n) is 12.4. The minimum Gasteiger partial charge on any atom is -0.497 e. The number of thioether (sulfide) groups is 1. The Morgan fingerprint density at radius 1 is 0.958 bits per heavy atom. The molecule has 0 spiro atoms. The lowest BCUT2D eigenvalue weighted by Crippen LogP contribution is -2.42. The van der Waals surface area contributed by atoms with Crippen LogP contribution in [0.15, 0.2) is 82.6 Å². The number of H-pyrrole nitrogens is 1. The van der Waals surface area contributed by atoms with Crippen molar-refractivity contribution in [2.24, 2.45) is 29.6 Å². The number of aromatic amines is 1. The van der Waals surface area contributed by atoms with E-state index in [1.165, 1.54) is 40.5 Å². The number of carbonyl (C=O) groups is 3. The average molecular weight is 685 g/mol. The molecule has 4 aliphatic rings. The molecule has 244 valence electrons. The number of aromatic nitrogens is 1. The topological polar surface area (TPSA) is 161 Å². The van der Waals surface area contributed by atoms with Crippen molar-refractivity contribution in [2.45, 2.75) is 22.6 Å². The Labute approximate surface area is 281 Å². The molecule has 2 aliphatic heterocycles. The monoisotopic (exact) mass is 684 g/mol. The van der Waals surface area contributed by atoms with Crippen molar-refractivity contribution in [1.29, 1.82) is 0 Å². The molecule has 1 saturated heterocycles. The molecule has 7 atom stereocenters. The summed E-state index contributed by atoms with van der Waals surface area (Å²) in [7, 11) is 1.57. The first-order valence-corrected chi connectivity index (χ1v) is 17.1. The van der Waals surface area contributed by atoms with E-state index >= 15 is 0 Å². The number of thiazole rings is 1. The van der Waals surface area contributed by atoms with Crippen LogP contribution in [0.1, 0.15) is 22.8 Å². The summed E-state index contributed by atoms with van der Waals surface area (Å²) in [6.45, 7) is -0.187. The van der Waals surface area contributed by atoms with Crippen LogP contribution in [0.5, 0.6) is 11.5 Å². The third kappa shape index (κ3) is 4.89. The fraction of sp³-hybridized carbons (Fsp3) is 0.294. The highest BCUT2D eigenvalue weighted by Gasteiger charge is 2.69. The van der Waals surface area contributed by atoms with E-state index in [2.05, 4.69) is 10.3 Å². The summed E-state index contributed by atoms with van der Waals surface area (Å²) in [6, 6.07) is 20.0. The Morgan fingerprint density at radius 2 is 1.62 bits per heavy atom. The van der Waals surface area contributed by atoms with Crippen LogP contribution >= 0.6 is 23.1 Å². The molecule has 6 unspecified atom stereocenters. The van der Waals surface area contributed by atoms with Gasteiger partial charge in [0.1, 0.15) is 11.5 Å². The number of ether oxygens (including phenoxy) is 2. The Kier molecular flexibility index (Phi) is 7.36. The first kappa shape index (κ1) is 30.4. The maximum Gasteiger partial charge on any atom is 0.305 e. The second-order valence-corrected chi connectivity index (χ2v) is 14.6. The van der Waals surface area contributed by atoms with Gasteiger partial charge in [-0.1, -0.05) is 23.5 Å². The summed E-state index contributed by atoms with van der Waals surface area (Å²) < 4.78 is 10.9. The maximum atomic E-state index is 13.9. The van der Waals surface area contributed by atoms with Crippen LogP contribution in [0.4, 0.5) is 17.1 Å². The van der Waals surface area contributed by atoms with E-state index in [-0.39, 0.29) is 63.8 Å². The number of imide groups is 1. The number of carbonyl (C=O) groups excluding carboxylic acids is 3. The number of nitro groups is 1. The number of benzene rings is 3. The second kappa shape index (κ2) is 11.6. The summed E-state index contributed by atoms with van der Waals surface area (Å²) in [5, 5.41) is 14.8. The highest BCUT2D eigenvalue weighted by molar-refractivity contribution is 8.00. The van der Waals surface area contributed by atoms with Crippen molar-refractivity contribution in [1.82, 2.24) is 4.98 Å². The van der Waals surface area contributed by atoms with E-state index in [1.807, 2.05) is 12.1 Å². The van der Waals surface area contributed by atoms with Crippen molar-refractivity contribution in [3.63, 3.8) is 0 Å². The minimum absolute atomic E-state index is 0.0100. The number of methoxy groups -OCH3 is 1. The maximum absolute atomic E-state index is 13.9. The van der Waals surface area contributed by atoms with Gasteiger partial charge in [0.15, 0.2) is 6.61 Å². The summed E-state index contributed by atoms with van der Waals surface area (Å²) in [4.78, 5) is 68.5. The number of anilines is 2. The van der Waals surface area contributed by atoms with Crippen molar-refractivity contribution >= 4 is 57.9 Å². The van der Waals surface area contributed by atoms with Crippen LogP contribution in [0.25, 0.3) is 0 Å². The standard InChI is InChI=1S/C34H28N4O8S2/c1-45-20-12-4-17(5-13-20)35-24(39)15-46-21-10-2-16(3-11-21)25-26-22-14-23(29(26)47-31-30(25)48-34(42)36-31)28-27(22)32(40)37(33(28)41)18-6-8-19(9-7-18)38(43)44/h2-13,22-23,25-29H,14-15H2,1H3,(H,35,39)(H,36,42)/t22?,23?,25-,26?,27?,28?,29?/m1/s1. The molecule has 14 heteroatoms. The Hall–Kier alpha value is -4.95. The van der Waals surface area contributed by atoms with Gasteiger partial charge < -0.3 is 19.8 Å². The summed E-state index contributed by atoms with van der Waals surface area (Å²) in [5.41, 5.74) is 1.81. The molecular weight excluding hydrogens is 657 g/mol. The van der Waals surface area contributed by atoms with Gasteiger partial charge in [-0.25, -0.2) is 0 Å². The summed E-state index contributed by atoms with van der Waals surface area (Å²) in [6.07, 6.45) is 0.740. The molecule has 2 N–H and O–H groups in total. The molecule has 48 heavy (non-hydrogen) atoms. The molecule has 2 bridgehead atoms. The SMILES string of the molecule is COc1ccc(NC(=O)COc2ccc([C@H]3c4sc(=O)[nH]c4SC4C5CC(C6C(=O)N(c7ccc([N+](=O)[O-])cc7)C(=O)C56)C43)cc2)cc1. The number of hydrogen-bond donors (Lipinski definition) is 2. The van der Waals surface area contributed by atoms with Crippen molar-refractivity contribution in [3.05, 3.63) is 103 Å². The van der Waals surface area contributed by atoms with E-state index in [9.17, 15) is 29.3 Å². The van der Waals surface area contributed by atoms with Crippen LogP contribution < -0.4 is 24.6 Å². The van der Waals surface area contributed by atoms with Crippen molar-refractivity contribution in [3.8, 4) is 11.5 Å².